The van der Waals surface area contributed by atoms with Gasteiger partial charge >= 0.3 is 0 Å². The second kappa shape index (κ2) is 10.1. The maximum atomic E-state index is 12.4. The standard InChI is InChI=1S/C21H36N2O4S/c1-5-8-11-23(12-9-6-2,13-10-7-3)14-16-18(21(26)27)22-19(25)17(15(4)24)20(22)28-16/h15,17,20,24H,5-14H2,1-4H3/t15-,17+,20-/m1/s1. The minimum absolute atomic E-state index is 0.0453. The van der Waals surface area contributed by atoms with E-state index in [4.69, 9.17) is 0 Å². The van der Waals surface area contributed by atoms with Crippen molar-refractivity contribution in [1.82, 2.24) is 4.90 Å². The van der Waals surface area contributed by atoms with Crippen LogP contribution in [0.4, 0.5) is 0 Å². The number of aliphatic carboxylic acids is 1. The molecule has 0 radical (unpaired) electrons. The molecule has 0 aliphatic carbocycles. The zero-order valence-electron chi connectivity index (χ0n) is 17.8. The van der Waals surface area contributed by atoms with Crippen molar-refractivity contribution < 1.29 is 24.3 Å². The van der Waals surface area contributed by atoms with Crippen molar-refractivity contribution in [2.75, 3.05) is 26.2 Å². The van der Waals surface area contributed by atoms with Crippen LogP contribution in [0.1, 0.15) is 66.2 Å². The molecule has 1 saturated heterocycles. The quantitative estimate of drug-likeness (QED) is 0.370. The number of hydrogen-bond donors (Lipinski definition) is 1. The number of carboxylic acids is 1. The third-order valence-electron chi connectivity index (χ3n) is 6.00. The highest BCUT2D eigenvalue weighted by atomic mass is 32.2. The van der Waals surface area contributed by atoms with Gasteiger partial charge in [0, 0.05) is 0 Å². The van der Waals surface area contributed by atoms with Crippen molar-refractivity contribution in [1.29, 1.82) is 0 Å². The highest BCUT2D eigenvalue weighted by Gasteiger charge is 2.57. The molecule has 1 fully saturated rings. The lowest BCUT2D eigenvalue weighted by Gasteiger charge is -2.44. The summed E-state index contributed by atoms with van der Waals surface area (Å²) in [5, 5.41) is 21.5. The number of thioether (sulfide) groups is 1. The van der Waals surface area contributed by atoms with Gasteiger partial charge in [-0.3, -0.25) is 9.69 Å². The SMILES string of the molecule is CCCC[N+](CCCC)(CCCC)CC1=C(C(=O)[O-])N2C(=O)[C@H]([C@@H](C)O)[C@H]2S1. The molecule has 2 heterocycles. The van der Waals surface area contributed by atoms with Crippen LogP contribution in [-0.2, 0) is 9.59 Å². The highest BCUT2D eigenvalue weighted by Crippen LogP contribution is 2.50. The zero-order chi connectivity index (χ0) is 20.9. The average Bonchev–Trinajstić information content (AvgIpc) is 2.96. The number of nitrogens with zero attached hydrogens (tertiary/aromatic N) is 2. The molecule has 1 amide bonds. The Morgan fingerprint density at radius 3 is 2.04 bits per heavy atom. The molecule has 3 atom stereocenters. The van der Waals surface area contributed by atoms with Gasteiger partial charge in [-0.2, -0.15) is 0 Å². The lowest BCUT2D eigenvalue weighted by Crippen LogP contribution is -2.61. The number of quaternary nitrogens is 1. The van der Waals surface area contributed by atoms with Crippen LogP contribution in [0.5, 0.6) is 0 Å². The van der Waals surface area contributed by atoms with Crippen molar-refractivity contribution >= 4 is 23.6 Å². The number of unbranched alkanes of at least 4 members (excludes halogenated alkanes) is 3. The molecule has 0 aromatic heterocycles. The van der Waals surface area contributed by atoms with Gasteiger partial charge in [0.15, 0.2) is 0 Å². The summed E-state index contributed by atoms with van der Waals surface area (Å²) < 4.78 is 0.878. The average molecular weight is 413 g/mol. The Balaban J connectivity index is 2.32. The summed E-state index contributed by atoms with van der Waals surface area (Å²) >= 11 is 1.45. The summed E-state index contributed by atoms with van der Waals surface area (Å²) in [5.74, 6) is -2.10. The zero-order valence-corrected chi connectivity index (χ0v) is 18.6. The molecule has 2 aliphatic rings. The Labute approximate surface area is 173 Å². The number of carbonyl (C=O) groups excluding carboxylic acids is 2. The lowest BCUT2D eigenvalue weighted by atomic mass is 9.92. The van der Waals surface area contributed by atoms with Crippen molar-refractivity contribution in [2.24, 2.45) is 5.92 Å². The number of aliphatic hydroxyl groups excluding tert-OH is 1. The van der Waals surface area contributed by atoms with Crippen LogP contribution in [0, 0.1) is 5.92 Å². The summed E-state index contributed by atoms with van der Waals surface area (Å²) in [4.78, 5) is 26.5. The van der Waals surface area contributed by atoms with Crippen LogP contribution >= 0.6 is 11.8 Å². The van der Waals surface area contributed by atoms with E-state index in [0.29, 0.717) is 6.54 Å². The normalized spacial score (nSPS) is 23.0. The summed E-state index contributed by atoms with van der Waals surface area (Å²) in [6.07, 6.45) is 5.86. The van der Waals surface area contributed by atoms with E-state index >= 15 is 0 Å². The molecular weight excluding hydrogens is 376 g/mol. The van der Waals surface area contributed by atoms with E-state index in [0.717, 1.165) is 67.5 Å². The molecule has 7 heteroatoms. The Bertz CT molecular complexity index is 583. The maximum Gasteiger partial charge on any atom is 0.236 e. The van der Waals surface area contributed by atoms with Gasteiger partial charge in [0.1, 0.15) is 11.9 Å². The number of fused-ring (bicyclic) bond motifs is 1. The molecule has 0 bridgehead atoms. The van der Waals surface area contributed by atoms with Crippen molar-refractivity contribution in [3.05, 3.63) is 10.6 Å². The van der Waals surface area contributed by atoms with Crippen LogP contribution < -0.4 is 5.11 Å². The molecule has 160 valence electrons. The Kier molecular flexibility index (Phi) is 8.40. The van der Waals surface area contributed by atoms with Crippen LogP contribution in [0.2, 0.25) is 0 Å². The monoisotopic (exact) mass is 412 g/mol. The minimum Gasteiger partial charge on any atom is -0.543 e. The van der Waals surface area contributed by atoms with E-state index in [1.165, 1.54) is 16.7 Å². The lowest BCUT2D eigenvalue weighted by molar-refractivity contribution is -0.924. The molecule has 0 unspecified atom stereocenters. The number of hydrogen-bond acceptors (Lipinski definition) is 5. The van der Waals surface area contributed by atoms with Crippen LogP contribution in [0.15, 0.2) is 10.6 Å². The van der Waals surface area contributed by atoms with Gasteiger partial charge in [-0.1, -0.05) is 51.8 Å². The van der Waals surface area contributed by atoms with E-state index in [9.17, 15) is 19.8 Å². The predicted octanol–water partition coefficient (Wildman–Crippen LogP) is 2.08. The van der Waals surface area contributed by atoms with E-state index in [-0.39, 0.29) is 17.0 Å². The molecule has 0 aromatic carbocycles. The number of carbonyl (C=O) groups is 2. The van der Waals surface area contributed by atoms with Gasteiger partial charge in [0.25, 0.3) is 0 Å². The maximum absolute atomic E-state index is 12.4. The van der Waals surface area contributed by atoms with E-state index in [2.05, 4.69) is 20.8 Å². The van der Waals surface area contributed by atoms with Crippen molar-refractivity contribution in [2.45, 2.75) is 77.7 Å². The molecule has 2 aliphatic heterocycles. The molecule has 2 rings (SSSR count). The summed E-state index contributed by atoms with van der Waals surface area (Å²) in [6.45, 7) is 11.9. The first-order valence-corrected chi connectivity index (χ1v) is 11.7. The number of rotatable bonds is 13. The van der Waals surface area contributed by atoms with E-state index in [1.54, 1.807) is 6.92 Å². The van der Waals surface area contributed by atoms with Gasteiger partial charge in [0.05, 0.1) is 48.2 Å². The first kappa shape index (κ1) is 23.2. The third-order valence-corrected chi connectivity index (χ3v) is 7.35. The second-order valence-electron chi connectivity index (χ2n) is 8.27. The van der Waals surface area contributed by atoms with Gasteiger partial charge < -0.3 is 19.5 Å². The smallest absolute Gasteiger partial charge is 0.236 e. The number of aliphatic hydroxyl groups is 1. The van der Waals surface area contributed by atoms with Crippen LogP contribution in [0.3, 0.4) is 0 Å². The minimum atomic E-state index is -1.28. The van der Waals surface area contributed by atoms with Crippen molar-refractivity contribution in [3.63, 3.8) is 0 Å². The van der Waals surface area contributed by atoms with Gasteiger partial charge in [-0.15, -0.1) is 0 Å². The van der Waals surface area contributed by atoms with Crippen molar-refractivity contribution in [3.8, 4) is 0 Å². The Morgan fingerprint density at radius 1 is 1.14 bits per heavy atom. The van der Waals surface area contributed by atoms with Gasteiger partial charge in [0.2, 0.25) is 5.91 Å². The van der Waals surface area contributed by atoms with E-state index in [1.807, 2.05) is 0 Å². The molecule has 6 nitrogen and oxygen atoms in total. The Morgan fingerprint density at radius 2 is 1.64 bits per heavy atom. The summed E-state index contributed by atoms with van der Waals surface area (Å²) in [6, 6.07) is 0. The molecule has 28 heavy (non-hydrogen) atoms. The fourth-order valence-corrected chi connectivity index (χ4v) is 6.05. The fourth-order valence-electron chi connectivity index (χ4n) is 4.31. The largest absolute Gasteiger partial charge is 0.543 e. The van der Waals surface area contributed by atoms with Gasteiger partial charge in [-0.25, -0.2) is 0 Å². The third kappa shape index (κ3) is 4.74. The van der Waals surface area contributed by atoms with Gasteiger partial charge in [-0.05, 0) is 26.2 Å². The van der Waals surface area contributed by atoms with Crippen LogP contribution in [-0.4, -0.2) is 64.0 Å². The predicted molar refractivity (Wildman–Crippen MR) is 110 cm³/mol. The highest BCUT2D eigenvalue weighted by molar-refractivity contribution is 8.04. The fraction of sp³-hybridized carbons (Fsp3) is 0.810. The van der Waals surface area contributed by atoms with Crippen LogP contribution in [0.25, 0.3) is 0 Å². The Hall–Kier alpha value is -1.05. The first-order valence-electron chi connectivity index (χ1n) is 10.8. The summed E-state index contributed by atoms with van der Waals surface area (Å²) in [7, 11) is 0. The number of β-lactam (4-membered cyclic amide) rings is 1. The molecule has 1 N–H and O–H groups in total. The van der Waals surface area contributed by atoms with E-state index < -0.39 is 18.0 Å². The second-order valence-corrected chi connectivity index (χ2v) is 9.49. The molecule has 0 saturated carbocycles. The molecule has 0 aromatic rings. The topological polar surface area (TPSA) is 80.7 Å². The summed E-state index contributed by atoms with van der Waals surface area (Å²) in [5.41, 5.74) is 0.0453. The number of carboxylic acid groups (broad SMARTS) is 1. The first-order chi connectivity index (χ1) is 13.3. The number of amides is 1. The molecule has 0 spiro atoms. The molecular formula is C21H36N2O4S.